The Hall–Kier alpha value is -1.26. The number of aliphatic carboxylic acids is 1. The van der Waals surface area contributed by atoms with Crippen molar-refractivity contribution in [2.45, 2.75) is 39.0 Å². The summed E-state index contributed by atoms with van der Waals surface area (Å²) in [5.74, 6) is -0.880. The normalized spacial score (nSPS) is 16.4. The van der Waals surface area contributed by atoms with Crippen molar-refractivity contribution in [1.82, 2.24) is 10.2 Å². The van der Waals surface area contributed by atoms with Crippen molar-refractivity contribution in [2.75, 3.05) is 20.1 Å². The van der Waals surface area contributed by atoms with E-state index in [1.807, 2.05) is 0 Å². The van der Waals surface area contributed by atoms with Gasteiger partial charge in [0, 0.05) is 20.1 Å². The molecule has 1 saturated carbocycles. The summed E-state index contributed by atoms with van der Waals surface area (Å²) in [6.45, 7) is 3.12. The molecule has 0 aromatic heterocycles. The van der Waals surface area contributed by atoms with E-state index in [4.69, 9.17) is 5.11 Å². The summed E-state index contributed by atoms with van der Waals surface area (Å²) in [5.41, 5.74) is 0.331. The molecule has 1 aliphatic rings. The molecule has 5 nitrogen and oxygen atoms in total. The van der Waals surface area contributed by atoms with E-state index in [0.29, 0.717) is 5.41 Å². The molecular weight excluding hydrogens is 220 g/mol. The first-order valence-electron chi connectivity index (χ1n) is 6.20. The fraction of sp³-hybridized carbons (Fsp3) is 0.833. The Morgan fingerprint density at radius 1 is 1.41 bits per heavy atom. The summed E-state index contributed by atoms with van der Waals surface area (Å²) in [5, 5.41) is 11.4. The molecule has 0 atom stereocenters. The number of carboxylic acids is 1. The van der Waals surface area contributed by atoms with Crippen molar-refractivity contribution in [3.8, 4) is 0 Å². The zero-order valence-electron chi connectivity index (χ0n) is 10.7. The van der Waals surface area contributed by atoms with Crippen LogP contribution in [-0.4, -0.2) is 42.1 Å². The van der Waals surface area contributed by atoms with E-state index in [2.05, 4.69) is 12.2 Å². The molecule has 0 saturated heterocycles. The van der Waals surface area contributed by atoms with Crippen molar-refractivity contribution in [3.63, 3.8) is 0 Å². The Kier molecular flexibility index (Phi) is 4.78. The fourth-order valence-corrected chi connectivity index (χ4v) is 1.99. The van der Waals surface area contributed by atoms with Crippen molar-refractivity contribution >= 4 is 12.0 Å². The highest BCUT2D eigenvalue weighted by molar-refractivity contribution is 5.75. The lowest BCUT2D eigenvalue weighted by atomic mass is 10.0. The van der Waals surface area contributed by atoms with Crippen LogP contribution in [0.4, 0.5) is 4.79 Å². The van der Waals surface area contributed by atoms with Crippen LogP contribution in [0, 0.1) is 5.41 Å². The van der Waals surface area contributed by atoms with Crippen molar-refractivity contribution < 1.29 is 14.7 Å². The van der Waals surface area contributed by atoms with E-state index in [9.17, 15) is 9.59 Å². The van der Waals surface area contributed by atoms with Crippen LogP contribution >= 0.6 is 0 Å². The minimum Gasteiger partial charge on any atom is -0.481 e. The second kappa shape index (κ2) is 5.89. The van der Waals surface area contributed by atoms with Gasteiger partial charge in [0.05, 0.1) is 6.42 Å². The third-order valence-corrected chi connectivity index (χ3v) is 3.36. The molecule has 0 unspecified atom stereocenters. The zero-order chi connectivity index (χ0) is 12.9. The molecule has 0 heterocycles. The molecule has 5 heteroatoms. The smallest absolute Gasteiger partial charge is 0.317 e. The van der Waals surface area contributed by atoms with Crippen LogP contribution in [0.2, 0.25) is 0 Å². The summed E-state index contributed by atoms with van der Waals surface area (Å²) in [6, 6.07) is -0.173. The largest absolute Gasteiger partial charge is 0.481 e. The van der Waals surface area contributed by atoms with Crippen LogP contribution < -0.4 is 5.32 Å². The summed E-state index contributed by atoms with van der Waals surface area (Å²) in [4.78, 5) is 23.5. The first-order valence-corrected chi connectivity index (χ1v) is 6.20. The number of carbonyl (C=O) groups excluding carboxylic acids is 1. The van der Waals surface area contributed by atoms with Crippen molar-refractivity contribution in [1.29, 1.82) is 0 Å². The van der Waals surface area contributed by atoms with Crippen molar-refractivity contribution in [3.05, 3.63) is 0 Å². The Labute approximate surface area is 102 Å². The average Bonchev–Trinajstić information content (AvgIpc) is 3.03. The third kappa shape index (κ3) is 4.63. The van der Waals surface area contributed by atoms with Crippen molar-refractivity contribution in [2.24, 2.45) is 5.41 Å². The molecule has 1 rings (SSSR count). The average molecular weight is 242 g/mol. The molecular formula is C12H22N2O3. The maximum Gasteiger partial charge on any atom is 0.317 e. The highest BCUT2D eigenvalue weighted by Crippen LogP contribution is 2.48. The highest BCUT2D eigenvalue weighted by atomic mass is 16.4. The standard InChI is InChI=1S/C12H22N2O3/c1-3-5-12(6-7-12)9-13-11(17)14(2)8-4-10(15)16/h3-9H2,1-2H3,(H,13,17)(H,15,16). The first-order chi connectivity index (χ1) is 7.99. The lowest BCUT2D eigenvalue weighted by Crippen LogP contribution is -2.40. The summed E-state index contributed by atoms with van der Waals surface area (Å²) < 4.78 is 0. The molecule has 2 amide bonds. The molecule has 1 fully saturated rings. The number of carboxylic acid groups (broad SMARTS) is 1. The van der Waals surface area contributed by atoms with Crippen LogP contribution in [0.25, 0.3) is 0 Å². The van der Waals surface area contributed by atoms with Crippen LogP contribution in [-0.2, 0) is 4.79 Å². The number of hydrogen-bond donors (Lipinski definition) is 2. The molecule has 1 aliphatic carbocycles. The Bertz CT molecular complexity index is 287. The predicted molar refractivity (Wildman–Crippen MR) is 64.9 cm³/mol. The molecule has 0 aromatic rings. The van der Waals surface area contributed by atoms with Gasteiger partial charge in [-0.25, -0.2) is 4.79 Å². The zero-order valence-corrected chi connectivity index (χ0v) is 10.7. The molecule has 98 valence electrons. The fourth-order valence-electron chi connectivity index (χ4n) is 1.99. The maximum atomic E-state index is 11.7. The Morgan fingerprint density at radius 3 is 2.53 bits per heavy atom. The topological polar surface area (TPSA) is 69.6 Å². The second-order valence-electron chi connectivity index (χ2n) is 4.97. The minimum atomic E-state index is -0.880. The van der Waals surface area contributed by atoms with Gasteiger partial charge < -0.3 is 15.3 Å². The van der Waals surface area contributed by atoms with Gasteiger partial charge in [0.25, 0.3) is 0 Å². The van der Waals surface area contributed by atoms with Gasteiger partial charge in [0.2, 0.25) is 0 Å². The van der Waals surface area contributed by atoms with E-state index in [1.54, 1.807) is 7.05 Å². The van der Waals surface area contributed by atoms with E-state index < -0.39 is 5.97 Å². The lowest BCUT2D eigenvalue weighted by Gasteiger charge is -2.20. The minimum absolute atomic E-state index is 0.00990. The Balaban J connectivity index is 2.22. The molecule has 0 aliphatic heterocycles. The van der Waals surface area contributed by atoms with Gasteiger partial charge >= 0.3 is 12.0 Å². The van der Waals surface area contributed by atoms with Gasteiger partial charge in [-0.05, 0) is 24.7 Å². The molecule has 0 aromatic carbocycles. The number of hydrogen-bond acceptors (Lipinski definition) is 2. The summed E-state index contributed by atoms with van der Waals surface area (Å²) in [6.07, 6.45) is 4.68. The summed E-state index contributed by atoms with van der Waals surface area (Å²) >= 11 is 0. The number of urea groups is 1. The number of nitrogens with one attached hydrogen (secondary N) is 1. The number of carbonyl (C=O) groups is 2. The number of amides is 2. The van der Waals surface area contributed by atoms with Crippen LogP contribution in [0.3, 0.4) is 0 Å². The summed E-state index contributed by atoms with van der Waals surface area (Å²) in [7, 11) is 1.62. The second-order valence-corrected chi connectivity index (χ2v) is 4.97. The SMILES string of the molecule is CCCC1(CNC(=O)N(C)CCC(=O)O)CC1. The van der Waals surface area contributed by atoms with E-state index in [-0.39, 0.29) is 19.0 Å². The maximum absolute atomic E-state index is 11.7. The lowest BCUT2D eigenvalue weighted by molar-refractivity contribution is -0.137. The van der Waals surface area contributed by atoms with Crippen LogP contribution in [0.15, 0.2) is 0 Å². The van der Waals surface area contributed by atoms with Gasteiger partial charge in [0.1, 0.15) is 0 Å². The quantitative estimate of drug-likeness (QED) is 0.713. The third-order valence-electron chi connectivity index (χ3n) is 3.36. The predicted octanol–water partition coefficient (Wildman–Crippen LogP) is 1.68. The number of nitrogens with zero attached hydrogens (tertiary/aromatic N) is 1. The molecule has 0 spiro atoms. The highest BCUT2D eigenvalue weighted by Gasteiger charge is 2.41. The van der Waals surface area contributed by atoms with E-state index in [0.717, 1.165) is 19.4 Å². The monoisotopic (exact) mass is 242 g/mol. The van der Waals surface area contributed by atoms with Gasteiger partial charge in [0.15, 0.2) is 0 Å². The number of rotatable bonds is 7. The van der Waals surface area contributed by atoms with Crippen LogP contribution in [0.5, 0.6) is 0 Å². The molecule has 0 radical (unpaired) electrons. The van der Waals surface area contributed by atoms with Gasteiger partial charge in [-0.1, -0.05) is 13.3 Å². The van der Waals surface area contributed by atoms with Gasteiger partial charge in [-0.2, -0.15) is 0 Å². The van der Waals surface area contributed by atoms with Gasteiger partial charge in [-0.3, -0.25) is 4.79 Å². The van der Waals surface area contributed by atoms with E-state index >= 15 is 0 Å². The molecule has 17 heavy (non-hydrogen) atoms. The Morgan fingerprint density at radius 2 is 2.06 bits per heavy atom. The molecule has 0 bridgehead atoms. The van der Waals surface area contributed by atoms with E-state index in [1.165, 1.54) is 17.7 Å². The first kappa shape index (κ1) is 13.8. The van der Waals surface area contributed by atoms with Crippen LogP contribution in [0.1, 0.15) is 39.0 Å². The molecule has 2 N–H and O–H groups in total. The van der Waals surface area contributed by atoms with Gasteiger partial charge in [-0.15, -0.1) is 0 Å².